The van der Waals surface area contributed by atoms with Gasteiger partial charge in [-0.3, -0.25) is 0 Å². The van der Waals surface area contributed by atoms with Crippen LogP contribution in [0.2, 0.25) is 0 Å². The maximum Gasteiger partial charge on any atom is 0.240 e. The van der Waals surface area contributed by atoms with Crippen molar-refractivity contribution in [3.8, 4) is 0 Å². The molecule has 0 aliphatic carbocycles. The Balaban J connectivity index is 2.78. The van der Waals surface area contributed by atoms with Crippen LogP contribution in [-0.4, -0.2) is 35.6 Å². The maximum atomic E-state index is 12.4. The molecule has 126 valence electrons. The van der Waals surface area contributed by atoms with Gasteiger partial charge < -0.3 is 4.90 Å². The lowest BCUT2D eigenvalue weighted by molar-refractivity contribution is -0.865. The van der Waals surface area contributed by atoms with Crippen molar-refractivity contribution >= 4 is 10.0 Å². The largest absolute Gasteiger partial charge is 0.339 e. The van der Waals surface area contributed by atoms with Crippen LogP contribution < -0.4 is 9.62 Å². The zero-order valence-electron chi connectivity index (χ0n) is 14.7. The predicted octanol–water partition coefficient (Wildman–Crippen LogP) is 1.65. The summed E-state index contributed by atoms with van der Waals surface area (Å²) in [4.78, 5) is 1.65. The van der Waals surface area contributed by atoms with E-state index in [1.807, 2.05) is 12.1 Å². The molecule has 0 spiro atoms. The molecule has 0 unspecified atom stereocenters. The molecule has 5 heteroatoms. The van der Waals surface area contributed by atoms with Crippen LogP contribution in [0.5, 0.6) is 0 Å². The average molecular weight is 328 g/mol. The van der Waals surface area contributed by atoms with Gasteiger partial charge in [-0.05, 0) is 30.0 Å². The second-order valence-electron chi connectivity index (χ2n) is 7.25. The van der Waals surface area contributed by atoms with Crippen molar-refractivity contribution in [1.82, 2.24) is 4.72 Å². The molecular weight excluding hydrogens is 296 g/mol. The highest BCUT2D eigenvalue weighted by molar-refractivity contribution is 7.89. The Morgan fingerprint density at radius 3 is 2.18 bits per heavy atom. The van der Waals surface area contributed by atoms with E-state index in [9.17, 15) is 8.42 Å². The summed E-state index contributed by atoms with van der Waals surface area (Å²) >= 11 is 0. The van der Waals surface area contributed by atoms with Crippen LogP contribution in [0.25, 0.3) is 0 Å². The van der Waals surface area contributed by atoms with E-state index < -0.39 is 10.0 Å². The molecule has 1 aromatic rings. The van der Waals surface area contributed by atoms with Crippen molar-refractivity contribution in [2.45, 2.75) is 44.9 Å². The van der Waals surface area contributed by atoms with E-state index >= 15 is 0 Å². The third kappa shape index (κ3) is 5.71. The molecular formula is C17H31N2O2S+. The van der Waals surface area contributed by atoms with Crippen molar-refractivity contribution in [3.05, 3.63) is 29.8 Å². The van der Waals surface area contributed by atoms with Crippen LogP contribution in [0, 0.1) is 5.41 Å². The molecule has 1 aromatic carbocycles. The second-order valence-corrected chi connectivity index (χ2v) is 9.02. The highest BCUT2D eigenvalue weighted by atomic mass is 32.2. The first-order chi connectivity index (χ1) is 10.1. The minimum atomic E-state index is -3.44. The summed E-state index contributed by atoms with van der Waals surface area (Å²) in [6.45, 7) is 9.78. The first kappa shape index (κ1) is 19.1. The molecule has 2 N–H and O–H groups in total. The zero-order chi connectivity index (χ0) is 17.0. The van der Waals surface area contributed by atoms with Gasteiger partial charge >= 0.3 is 0 Å². The molecule has 0 aliphatic heterocycles. The Morgan fingerprint density at radius 2 is 1.73 bits per heavy atom. The van der Waals surface area contributed by atoms with Gasteiger partial charge in [0.15, 0.2) is 0 Å². The topological polar surface area (TPSA) is 50.6 Å². The standard InChI is InChI=1S/C17H30N2O2S/c1-7-14(2)15-8-10-16(11-9-15)22(20,21)18-12-17(3,4)13-19(5)6/h8-11,14,18H,7,12-13H2,1-6H3/p+1/t14-/m0/s1. The third-order valence-corrected chi connectivity index (χ3v) is 5.36. The van der Waals surface area contributed by atoms with Crippen molar-refractivity contribution < 1.29 is 13.3 Å². The highest BCUT2D eigenvalue weighted by Gasteiger charge is 2.25. The molecule has 0 saturated carbocycles. The van der Waals surface area contributed by atoms with E-state index in [4.69, 9.17) is 0 Å². The summed E-state index contributed by atoms with van der Waals surface area (Å²) in [6.07, 6.45) is 1.05. The fourth-order valence-corrected chi connectivity index (χ4v) is 3.85. The van der Waals surface area contributed by atoms with E-state index in [0.29, 0.717) is 17.4 Å². The lowest BCUT2D eigenvalue weighted by atomic mass is 9.93. The molecule has 0 radical (unpaired) electrons. The quantitative estimate of drug-likeness (QED) is 0.763. The van der Waals surface area contributed by atoms with E-state index in [1.165, 1.54) is 10.5 Å². The maximum absolute atomic E-state index is 12.4. The number of quaternary nitrogens is 1. The molecule has 0 heterocycles. The van der Waals surface area contributed by atoms with Crippen LogP contribution in [0.15, 0.2) is 29.2 Å². The summed E-state index contributed by atoms with van der Waals surface area (Å²) in [5.74, 6) is 0.451. The van der Waals surface area contributed by atoms with Crippen LogP contribution in [0.1, 0.15) is 45.6 Å². The van der Waals surface area contributed by atoms with Gasteiger partial charge in [0.1, 0.15) is 0 Å². The molecule has 0 amide bonds. The Bertz CT molecular complexity index is 563. The molecule has 0 saturated heterocycles. The highest BCUT2D eigenvalue weighted by Crippen LogP contribution is 2.21. The van der Waals surface area contributed by atoms with Crippen molar-refractivity contribution in [1.29, 1.82) is 0 Å². The minimum Gasteiger partial charge on any atom is -0.339 e. The Hall–Kier alpha value is -0.910. The Labute approximate surface area is 136 Å². The molecule has 0 aliphatic rings. The SMILES string of the molecule is CC[C@H](C)c1ccc(S(=O)(=O)NCC(C)(C)C[NH+](C)C)cc1. The number of benzene rings is 1. The van der Waals surface area contributed by atoms with Gasteiger partial charge in [0, 0.05) is 12.0 Å². The van der Waals surface area contributed by atoms with Crippen LogP contribution in [0.3, 0.4) is 0 Å². The predicted molar refractivity (Wildman–Crippen MR) is 91.8 cm³/mol. The van der Waals surface area contributed by atoms with Crippen molar-refractivity contribution in [2.24, 2.45) is 5.41 Å². The first-order valence-electron chi connectivity index (χ1n) is 7.96. The van der Waals surface area contributed by atoms with Crippen LogP contribution in [0.4, 0.5) is 0 Å². The lowest BCUT2D eigenvalue weighted by Gasteiger charge is -2.26. The van der Waals surface area contributed by atoms with Gasteiger partial charge in [0.25, 0.3) is 0 Å². The minimum absolute atomic E-state index is 0.0808. The molecule has 0 bridgehead atoms. The van der Waals surface area contributed by atoms with Gasteiger partial charge in [-0.25, -0.2) is 13.1 Å². The molecule has 1 atom stereocenters. The summed E-state index contributed by atoms with van der Waals surface area (Å²) in [5.41, 5.74) is 1.10. The fourth-order valence-electron chi connectivity index (χ4n) is 2.60. The summed E-state index contributed by atoms with van der Waals surface area (Å²) < 4.78 is 27.5. The van der Waals surface area contributed by atoms with Crippen molar-refractivity contribution in [2.75, 3.05) is 27.2 Å². The van der Waals surface area contributed by atoms with Gasteiger partial charge in [-0.1, -0.05) is 39.8 Å². The van der Waals surface area contributed by atoms with Gasteiger partial charge in [0.05, 0.1) is 25.5 Å². The van der Waals surface area contributed by atoms with E-state index in [2.05, 4.69) is 46.5 Å². The van der Waals surface area contributed by atoms with Gasteiger partial charge in [-0.15, -0.1) is 0 Å². The molecule has 0 fully saturated rings. The second kappa shape index (κ2) is 7.57. The first-order valence-corrected chi connectivity index (χ1v) is 9.44. The number of hydrogen-bond donors (Lipinski definition) is 2. The molecule has 22 heavy (non-hydrogen) atoms. The van der Waals surface area contributed by atoms with E-state index in [0.717, 1.165) is 13.0 Å². The van der Waals surface area contributed by atoms with E-state index in [1.54, 1.807) is 12.1 Å². The van der Waals surface area contributed by atoms with Crippen LogP contribution >= 0.6 is 0 Å². The third-order valence-electron chi connectivity index (χ3n) is 3.94. The Morgan fingerprint density at radius 1 is 1.18 bits per heavy atom. The normalized spacial score (nSPS) is 14.3. The number of rotatable bonds is 8. The fraction of sp³-hybridized carbons (Fsp3) is 0.647. The lowest BCUT2D eigenvalue weighted by Crippen LogP contribution is -3.07. The molecule has 4 nitrogen and oxygen atoms in total. The van der Waals surface area contributed by atoms with E-state index in [-0.39, 0.29) is 5.41 Å². The summed E-state index contributed by atoms with van der Waals surface area (Å²) in [5, 5.41) is 0. The number of hydrogen-bond acceptors (Lipinski definition) is 2. The van der Waals surface area contributed by atoms with Gasteiger partial charge in [-0.2, -0.15) is 0 Å². The van der Waals surface area contributed by atoms with Gasteiger partial charge in [0.2, 0.25) is 10.0 Å². The van der Waals surface area contributed by atoms with Crippen LogP contribution in [-0.2, 0) is 10.0 Å². The molecule has 1 rings (SSSR count). The number of sulfonamides is 1. The summed E-state index contributed by atoms with van der Waals surface area (Å²) in [7, 11) is 0.709. The summed E-state index contributed by atoms with van der Waals surface area (Å²) in [6, 6.07) is 7.23. The zero-order valence-corrected chi connectivity index (χ0v) is 15.5. The average Bonchev–Trinajstić information content (AvgIpc) is 2.43. The number of nitrogens with one attached hydrogen (secondary N) is 2. The molecule has 0 aromatic heterocycles. The van der Waals surface area contributed by atoms with Crippen molar-refractivity contribution in [3.63, 3.8) is 0 Å². The Kier molecular flexibility index (Phi) is 6.59. The monoisotopic (exact) mass is 327 g/mol. The smallest absolute Gasteiger partial charge is 0.240 e.